The van der Waals surface area contributed by atoms with Gasteiger partial charge in [0.2, 0.25) is 5.91 Å². The van der Waals surface area contributed by atoms with E-state index < -0.39 is 0 Å². The fourth-order valence-electron chi connectivity index (χ4n) is 2.76. The van der Waals surface area contributed by atoms with Crippen molar-refractivity contribution in [2.45, 2.75) is 11.6 Å². The maximum Gasteiger partial charge on any atom is 0.230 e. The summed E-state index contributed by atoms with van der Waals surface area (Å²) in [4.78, 5) is 16.1. The molecular weight excluding hydrogens is 401 g/mol. The second-order valence-corrected chi connectivity index (χ2v) is 7.46. The summed E-state index contributed by atoms with van der Waals surface area (Å²) in [6, 6.07) is 17.7. The minimum atomic E-state index is -0.295. The van der Waals surface area contributed by atoms with E-state index in [1.807, 2.05) is 47.2 Å². The molecule has 150 valence electrons. The summed E-state index contributed by atoms with van der Waals surface area (Å²) in [5.74, 6) is -0.184. The summed E-state index contributed by atoms with van der Waals surface area (Å²) in [5.41, 5.74) is 3.58. The van der Waals surface area contributed by atoms with E-state index in [4.69, 9.17) is 0 Å². The zero-order valence-corrected chi connectivity index (χ0v) is 16.7. The fraction of sp³-hybridized carbons (Fsp3) is 0.0909. The van der Waals surface area contributed by atoms with Gasteiger partial charge in [-0.15, -0.1) is 10.2 Å². The van der Waals surface area contributed by atoms with Crippen LogP contribution in [-0.4, -0.2) is 31.4 Å². The van der Waals surface area contributed by atoms with Crippen LogP contribution in [0.5, 0.6) is 0 Å². The monoisotopic (exact) mass is 419 g/mol. The van der Waals surface area contributed by atoms with Crippen molar-refractivity contribution in [1.82, 2.24) is 25.1 Å². The number of rotatable bonds is 7. The molecule has 0 unspecified atom stereocenters. The van der Waals surface area contributed by atoms with Crippen molar-refractivity contribution < 1.29 is 9.18 Å². The predicted octanol–water partition coefficient (Wildman–Crippen LogP) is 3.88. The number of carbonyl (C=O) groups excluding carboxylic acids is 1. The molecule has 0 aliphatic rings. The van der Waals surface area contributed by atoms with Crippen LogP contribution in [-0.2, 0) is 11.3 Å². The Kier molecular flexibility index (Phi) is 6.14. The molecule has 0 radical (unpaired) electrons. The third kappa shape index (κ3) is 5.09. The molecule has 4 rings (SSSR count). The van der Waals surface area contributed by atoms with Crippen LogP contribution in [0.1, 0.15) is 5.56 Å². The Morgan fingerprint density at radius 2 is 1.80 bits per heavy atom. The minimum Gasteiger partial charge on any atom is -0.351 e. The van der Waals surface area contributed by atoms with Crippen LogP contribution in [0.4, 0.5) is 4.39 Å². The molecule has 2 heterocycles. The summed E-state index contributed by atoms with van der Waals surface area (Å²) in [6.07, 6.45) is 5.37. The van der Waals surface area contributed by atoms with Crippen molar-refractivity contribution in [1.29, 1.82) is 0 Å². The van der Waals surface area contributed by atoms with E-state index >= 15 is 0 Å². The Morgan fingerprint density at radius 3 is 2.47 bits per heavy atom. The van der Waals surface area contributed by atoms with Gasteiger partial charge in [-0.25, -0.2) is 9.37 Å². The van der Waals surface area contributed by atoms with E-state index in [9.17, 15) is 9.18 Å². The van der Waals surface area contributed by atoms with Crippen LogP contribution < -0.4 is 5.32 Å². The lowest BCUT2D eigenvalue weighted by molar-refractivity contribution is -0.118. The molecule has 1 amide bonds. The number of amides is 1. The molecule has 0 aliphatic heterocycles. The van der Waals surface area contributed by atoms with Gasteiger partial charge < -0.3 is 9.88 Å². The number of aromatic nitrogens is 4. The number of benzene rings is 2. The third-order valence-corrected chi connectivity index (χ3v) is 5.28. The molecule has 0 bridgehead atoms. The average molecular weight is 419 g/mol. The van der Waals surface area contributed by atoms with E-state index in [0.29, 0.717) is 11.6 Å². The number of halogens is 1. The van der Waals surface area contributed by atoms with Crippen LogP contribution >= 0.6 is 11.8 Å². The molecule has 6 nitrogen and oxygen atoms in total. The van der Waals surface area contributed by atoms with Gasteiger partial charge in [0.25, 0.3) is 0 Å². The number of hydrogen-bond acceptors (Lipinski definition) is 5. The van der Waals surface area contributed by atoms with Crippen LogP contribution in [0.2, 0.25) is 0 Å². The predicted molar refractivity (Wildman–Crippen MR) is 114 cm³/mol. The Hall–Kier alpha value is -3.52. The lowest BCUT2D eigenvalue weighted by atomic mass is 10.1. The first-order valence-corrected chi connectivity index (χ1v) is 10.2. The first-order chi connectivity index (χ1) is 14.7. The minimum absolute atomic E-state index is 0.120. The summed E-state index contributed by atoms with van der Waals surface area (Å²) in [7, 11) is 0. The highest BCUT2D eigenvalue weighted by atomic mass is 32.2. The zero-order valence-electron chi connectivity index (χ0n) is 15.9. The maximum absolute atomic E-state index is 12.9. The summed E-state index contributed by atoms with van der Waals surface area (Å²) < 4.78 is 14.8. The lowest BCUT2D eigenvalue weighted by Gasteiger charge is -2.06. The molecule has 0 fully saturated rings. The molecule has 0 atom stereocenters. The van der Waals surface area contributed by atoms with E-state index in [-0.39, 0.29) is 17.5 Å². The molecule has 4 aromatic rings. The lowest BCUT2D eigenvalue weighted by Crippen LogP contribution is -2.24. The van der Waals surface area contributed by atoms with Gasteiger partial charge in [-0.3, -0.25) is 4.79 Å². The van der Waals surface area contributed by atoms with Gasteiger partial charge in [0.05, 0.1) is 17.8 Å². The van der Waals surface area contributed by atoms with Crippen LogP contribution in [0.15, 0.2) is 84.4 Å². The van der Waals surface area contributed by atoms with Crippen LogP contribution in [0, 0.1) is 5.82 Å². The molecule has 2 aromatic carbocycles. The number of hydrogen-bond donors (Lipinski definition) is 1. The smallest absolute Gasteiger partial charge is 0.230 e. The Bertz CT molecular complexity index is 1100. The van der Waals surface area contributed by atoms with Crippen molar-refractivity contribution in [2.75, 3.05) is 5.75 Å². The topological polar surface area (TPSA) is 72.7 Å². The summed E-state index contributed by atoms with van der Waals surface area (Å²) in [6.45, 7) is 0.360. The van der Waals surface area contributed by atoms with Crippen molar-refractivity contribution in [3.05, 3.63) is 90.8 Å². The first kappa shape index (κ1) is 19.8. The van der Waals surface area contributed by atoms with E-state index in [2.05, 4.69) is 20.5 Å². The second-order valence-electron chi connectivity index (χ2n) is 6.47. The maximum atomic E-state index is 12.9. The Labute approximate surface area is 177 Å². The van der Waals surface area contributed by atoms with Crippen molar-refractivity contribution in [3.8, 4) is 16.9 Å². The van der Waals surface area contributed by atoms with E-state index in [0.717, 1.165) is 22.5 Å². The highest BCUT2D eigenvalue weighted by Gasteiger charge is 2.06. The quantitative estimate of drug-likeness (QED) is 0.460. The molecular formula is C22H18FN5OS. The molecule has 0 saturated carbocycles. The van der Waals surface area contributed by atoms with Crippen molar-refractivity contribution >= 4 is 17.7 Å². The largest absolute Gasteiger partial charge is 0.351 e. The molecule has 0 saturated heterocycles. The molecule has 0 spiro atoms. The van der Waals surface area contributed by atoms with Crippen molar-refractivity contribution in [2.24, 2.45) is 0 Å². The normalized spacial score (nSPS) is 10.7. The number of carbonyl (C=O) groups is 1. The number of imidazole rings is 1. The average Bonchev–Trinajstić information content (AvgIpc) is 3.33. The van der Waals surface area contributed by atoms with E-state index in [1.54, 1.807) is 24.7 Å². The Morgan fingerprint density at radius 1 is 1.00 bits per heavy atom. The first-order valence-electron chi connectivity index (χ1n) is 9.24. The van der Waals surface area contributed by atoms with Gasteiger partial charge in [0, 0.05) is 30.2 Å². The van der Waals surface area contributed by atoms with Gasteiger partial charge in [0.15, 0.2) is 0 Å². The zero-order chi connectivity index (χ0) is 20.8. The number of nitrogens with zero attached hydrogens (tertiary/aromatic N) is 4. The third-order valence-electron chi connectivity index (χ3n) is 4.36. The van der Waals surface area contributed by atoms with Gasteiger partial charge in [-0.2, -0.15) is 0 Å². The van der Waals surface area contributed by atoms with E-state index in [1.165, 1.54) is 23.9 Å². The van der Waals surface area contributed by atoms with Gasteiger partial charge >= 0.3 is 0 Å². The summed E-state index contributed by atoms with van der Waals surface area (Å²) in [5, 5.41) is 11.9. The van der Waals surface area contributed by atoms with Gasteiger partial charge in [0.1, 0.15) is 10.8 Å². The molecule has 30 heavy (non-hydrogen) atoms. The van der Waals surface area contributed by atoms with Gasteiger partial charge in [-0.1, -0.05) is 36.0 Å². The van der Waals surface area contributed by atoms with Crippen LogP contribution in [0.3, 0.4) is 0 Å². The van der Waals surface area contributed by atoms with Gasteiger partial charge in [-0.05, 0) is 42.0 Å². The van der Waals surface area contributed by atoms with Crippen molar-refractivity contribution in [3.63, 3.8) is 0 Å². The summed E-state index contributed by atoms with van der Waals surface area (Å²) >= 11 is 1.31. The SMILES string of the molecule is O=C(CSc1ccc(-c2ccc(-n3ccnc3)cc2)nn1)NCc1ccc(F)cc1. The number of nitrogens with one attached hydrogen (secondary N) is 1. The molecule has 1 N–H and O–H groups in total. The number of thioether (sulfide) groups is 1. The molecule has 8 heteroatoms. The fourth-order valence-corrected chi connectivity index (χ4v) is 3.40. The van der Waals surface area contributed by atoms with Crippen LogP contribution in [0.25, 0.3) is 16.9 Å². The molecule has 2 aromatic heterocycles. The Balaban J connectivity index is 1.29. The highest BCUT2D eigenvalue weighted by molar-refractivity contribution is 7.99. The highest BCUT2D eigenvalue weighted by Crippen LogP contribution is 2.21. The standard InChI is InChI=1S/C22H18FN5OS/c23-18-5-1-16(2-6-18)13-25-21(29)14-30-22-10-9-20(26-27-22)17-3-7-19(8-4-17)28-12-11-24-15-28/h1-12,15H,13-14H2,(H,25,29). The second kappa shape index (κ2) is 9.32. The molecule has 0 aliphatic carbocycles.